The molecule has 0 spiro atoms. The number of hydrogen-bond donors (Lipinski definition) is 0. The van der Waals surface area contributed by atoms with Gasteiger partial charge in [0.15, 0.2) is 0 Å². The molecule has 1 aromatic rings. The fraction of sp³-hybridized carbons (Fsp3) is 0.571. The Balaban J connectivity index is 1.80. The van der Waals surface area contributed by atoms with E-state index in [0.717, 1.165) is 19.6 Å². The highest BCUT2D eigenvalue weighted by Crippen LogP contribution is 2.11. The number of aromatic nitrogens is 1. The molecular weight excluding hydrogens is 244 g/mol. The first kappa shape index (κ1) is 13.8. The van der Waals surface area contributed by atoms with E-state index in [-0.39, 0.29) is 5.97 Å². The van der Waals surface area contributed by atoms with Crippen LogP contribution < -0.4 is 4.74 Å². The fourth-order valence-corrected chi connectivity index (χ4v) is 2.20. The zero-order valence-corrected chi connectivity index (χ0v) is 11.3. The third-order valence-corrected chi connectivity index (χ3v) is 3.26. The van der Waals surface area contributed by atoms with Crippen LogP contribution in [0.1, 0.15) is 29.6 Å². The Morgan fingerprint density at radius 3 is 2.89 bits per heavy atom. The minimum atomic E-state index is -0.372. The van der Waals surface area contributed by atoms with Crippen LogP contribution in [0.15, 0.2) is 18.3 Å². The molecule has 0 unspecified atom stereocenters. The van der Waals surface area contributed by atoms with E-state index in [4.69, 9.17) is 4.74 Å². The molecule has 5 nitrogen and oxygen atoms in total. The Hall–Kier alpha value is -1.62. The summed E-state index contributed by atoms with van der Waals surface area (Å²) >= 11 is 0. The van der Waals surface area contributed by atoms with Crippen LogP contribution in [-0.4, -0.2) is 49.2 Å². The zero-order valence-electron chi connectivity index (χ0n) is 11.3. The van der Waals surface area contributed by atoms with Gasteiger partial charge in [-0.15, -0.1) is 0 Å². The third-order valence-electron chi connectivity index (χ3n) is 3.26. The number of pyridine rings is 1. The lowest BCUT2D eigenvalue weighted by Crippen LogP contribution is -2.33. The van der Waals surface area contributed by atoms with Crippen molar-refractivity contribution < 1.29 is 14.3 Å². The summed E-state index contributed by atoms with van der Waals surface area (Å²) in [6.07, 6.45) is 5.44. The summed E-state index contributed by atoms with van der Waals surface area (Å²) in [5, 5.41) is 0. The van der Waals surface area contributed by atoms with E-state index >= 15 is 0 Å². The number of piperidine rings is 1. The number of hydrogen-bond acceptors (Lipinski definition) is 5. The molecule has 5 heteroatoms. The summed E-state index contributed by atoms with van der Waals surface area (Å²) in [6.45, 7) is 3.81. The molecule has 0 atom stereocenters. The van der Waals surface area contributed by atoms with Crippen LogP contribution in [0.5, 0.6) is 5.88 Å². The molecule has 104 valence electrons. The second kappa shape index (κ2) is 7.09. The lowest BCUT2D eigenvalue weighted by atomic mass is 10.1. The molecule has 0 aliphatic carbocycles. The van der Waals surface area contributed by atoms with Gasteiger partial charge < -0.3 is 9.47 Å². The molecular formula is C14H20N2O3. The molecule has 19 heavy (non-hydrogen) atoms. The maximum absolute atomic E-state index is 11.4. The number of carbonyl (C=O) groups excluding carboxylic acids is 1. The first-order chi connectivity index (χ1) is 9.29. The zero-order chi connectivity index (χ0) is 13.5. The van der Waals surface area contributed by atoms with Gasteiger partial charge >= 0.3 is 5.97 Å². The first-order valence-electron chi connectivity index (χ1n) is 6.69. The molecule has 0 amide bonds. The second-order valence-corrected chi connectivity index (χ2v) is 4.63. The van der Waals surface area contributed by atoms with Gasteiger partial charge in [0.1, 0.15) is 6.61 Å². The van der Waals surface area contributed by atoms with Crippen LogP contribution in [0.4, 0.5) is 0 Å². The van der Waals surface area contributed by atoms with Crippen molar-refractivity contribution in [2.75, 3.05) is 33.4 Å². The van der Waals surface area contributed by atoms with Crippen LogP contribution in [0, 0.1) is 0 Å². The van der Waals surface area contributed by atoms with Gasteiger partial charge in [0.2, 0.25) is 5.88 Å². The van der Waals surface area contributed by atoms with Crippen molar-refractivity contribution in [2.45, 2.75) is 19.3 Å². The van der Waals surface area contributed by atoms with Gasteiger partial charge in [0.25, 0.3) is 0 Å². The Labute approximate surface area is 113 Å². The van der Waals surface area contributed by atoms with Gasteiger partial charge in [-0.3, -0.25) is 4.90 Å². The summed E-state index contributed by atoms with van der Waals surface area (Å²) in [7, 11) is 1.36. The van der Waals surface area contributed by atoms with Gasteiger partial charge in [-0.1, -0.05) is 6.42 Å². The standard InChI is InChI=1S/C14H20N2O3/c1-18-14(17)12-5-6-15-13(11-12)19-10-9-16-7-3-2-4-8-16/h5-6,11H,2-4,7-10H2,1H3. The molecule has 2 heterocycles. The van der Waals surface area contributed by atoms with Gasteiger partial charge in [-0.25, -0.2) is 9.78 Å². The summed E-state index contributed by atoms with van der Waals surface area (Å²) < 4.78 is 10.2. The fourth-order valence-electron chi connectivity index (χ4n) is 2.20. The van der Waals surface area contributed by atoms with E-state index < -0.39 is 0 Å². The number of esters is 1. The number of likely N-dealkylation sites (tertiary alicyclic amines) is 1. The van der Waals surface area contributed by atoms with Crippen LogP contribution in [0.2, 0.25) is 0 Å². The van der Waals surface area contributed by atoms with E-state index in [1.54, 1.807) is 18.3 Å². The van der Waals surface area contributed by atoms with Crippen molar-refractivity contribution >= 4 is 5.97 Å². The van der Waals surface area contributed by atoms with Crippen LogP contribution in [0.25, 0.3) is 0 Å². The molecule has 1 aliphatic rings. The topological polar surface area (TPSA) is 51.7 Å². The Morgan fingerprint density at radius 1 is 1.37 bits per heavy atom. The quantitative estimate of drug-likeness (QED) is 0.758. The van der Waals surface area contributed by atoms with Crippen molar-refractivity contribution in [1.82, 2.24) is 9.88 Å². The van der Waals surface area contributed by atoms with E-state index in [0.29, 0.717) is 18.1 Å². The maximum Gasteiger partial charge on any atom is 0.338 e. The lowest BCUT2D eigenvalue weighted by Gasteiger charge is -2.26. The average Bonchev–Trinajstić information content (AvgIpc) is 2.48. The largest absolute Gasteiger partial charge is 0.476 e. The highest BCUT2D eigenvalue weighted by atomic mass is 16.5. The van der Waals surface area contributed by atoms with Gasteiger partial charge in [-0.05, 0) is 32.0 Å². The number of nitrogens with zero attached hydrogens (tertiary/aromatic N) is 2. The third kappa shape index (κ3) is 4.21. The first-order valence-corrected chi connectivity index (χ1v) is 6.69. The number of methoxy groups -OCH3 is 1. The molecule has 1 aliphatic heterocycles. The van der Waals surface area contributed by atoms with E-state index in [1.165, 1.54) is 26.4 Å². The lowest BCUT2D eigenvalue weighted by molar-refractivity contribution is 0.0600. The van der Waals surface area contributed by atoms with Gasteiger partial charge in [-0.2, -0.15) is 0 Å². The minimum absolute atomic E-state index is 0.372. The molecule has 0 aromatic carbocycles. The van der Waals surface area contributed by atoms with Crippen molar-refractivity contribution in [2.24, 2.45) is 0 Å². The smallest absolute Gasteiger partial charge is 0.338 e. The second-order valence-electron chi connectivity index (χ2n) is 4.63. The summed E-state index contributed by atoms with van der Waals surface area (Å²) in [5.41, 5.74) is 0.463. The van der Waals surface area contributed by atoms with Gasteiger partial charge in [0, 0.05) is 18.8 Å². The molecule has 0 radical (unpaired) electrons. The monoisotopic (exact) mass is 264 g/mol. The molecule has 1 fully saturated rings. The van der Waals surface area contributed by atoms with Crippen molar-refractivity contribution in [3.05, 3.63) is 23.9 Å². The number of ether oxygens (including phenoxy) is 2. The van der Waals surface area contributed by atoms with E-state index in [1.807, 2.05) is 0 Å². The molecule has 2 rings (SSSR count). The Kier molecular flexibility index (Phi) is 5.15. The normalized spacial score (nSPS) is 16.1. The van der Waals surface area contributed by atoms with Crippen molar-refractivity contribution in [3.8, 4) is 5.88 Å². The van der Waals surface area contributed by atoms with E-state index in [9.17, 15) is 4.79 Å². The maximum atomic E-state index is 11.4. The van der Waals surface area contributed by atoms with Crippen LogP contribution in [-0.2, 0) is 4.74 Å². The highest BCUT2D eigenvalue weighted by molar-refractivity contribution is 5.89. The number of carbonyl (C=O) groups is 1. The van der Waals surface area contributed by atoms with Crippen LogP contribution in [0.3, 0.4) is 0 Å². The summed E-state index contributed by atoms with van der Waals surface area (Å²) in [6, 6.07) is 3.23. The highest BCUT2D eigenvalue weighted by Gasteiger charge is 2.10. The molecule has 0 saturated carbocycles. The minimum Gasteiger partial charge on any atom is -0.476 e. The molecule has 0 bridgehead atoms. The van der Waals surface area contributed by atoms with Crippen molar-refractivity contribution in [1.29, 1.82) is 0 Å². The molecule has 0 N–H and O–H groups in total. The van der Waals surface area contributed by atoms with Crippen molar-refractivity contribution in [3.63, 3.8) is 0 Å². The molecule has 1 aromatic heterocycles. The van der Waals surface area contributed by atoms with Gasteiger partial charge in [0.05, 0.1) is 12.7 Å². The average molecular weight is 264 g/mol. The number of rotatable bonds is 5. The van der Waals surface area contributed by atoms with Crippen LogP contribution >= 0.6 is 0 Å². The molecule has 1 saturated heterocycles. The summed E-state index contributed by atoms with van der Waals surface area (Å²) in [4.78, 5) is 17.9. The SMILES string of the molecule is COC(=O)c1ccnc(OCCN2CCCCC2)c1. The Morgan fingerprint density at radius 2 is 2.16 bits per heavy atom. The Bertz CT molecular complexity index is 417. The summed E-state index contributed by atoms with van der Waals surface area (Å²) in [5.74, 6) is 0.100. The predicted octanol–water partition coefficient (Wildman–Crippen LogP) is 1.73. The predicted molar refractivity (Wildman–Crippen MR) is 71.4 cm³/mol. The van der Waals surface area contributed by atoms with E-state index in [2.05, 4.69) is 14.6 Å².